The van der Waals surface area contributed by atoms with Crippen molar-refractivity contribution >= 4 is 0 Å². The van der Waals surface area contributed by atoms with Gasteiger partial charge in [0.25, 0.3) is 0 Å². The lowest BCUT2D eigenvalue weighted by Gasteiger charge is -2.20. The molecule has 0 spiro atoms. The molecule has 0 fully saturated rings. The Morgan fingerprint density at radius 1 is 1.20 bits per heavy atom. The van der Waals surface area contributed by atoms with E-state index in [1.54, 1.807) is 19.9 Å². The molecule has 0 radical (unpaired) electrons. The molecule has 1 aromatic rings. The maximum Gasteiger partial charge on any atom is 0.573 e. The van der Waals surface area contributed by atoms with Crippen LogP contribution in [0.4, 0.5) is 13.2 Å². The highest BCUT2D eigenvalue weighted by Crippen LogP contribution is 2.26. The maximum atomic E-state index is 11.9. The molecule has 0 heterocycles. The van der Waals surface area contributed by atoms with Crippen molar-refractivity contribution in [1.82, 2.24) is 0 Å². The van der Waals surface area contributed by atoms with E-state index in [9.17, 15) is 13.2 Å². The highest BCUT2D eigenvalue weighted by atomic mass is 19.4. The Hall–Kier alpha value is -1.23. The number of ether oxygens (including phenoxy) is 1. The van der Waals surface area contributed by atoms with Crippen LogP contribution < -0.4 is 10.5 Å². The van der Waals surface area contributed by atoms with Crippen molar-refractivity contribution in [2.45, 2.75) is 25.7 Å². The van der Waals surface area contributed by atoms with Crippen LogP contribution in [0.15, 0.2) is 24.3 Å². The Bertz CT molecular complexity index is 341. The summed E-state index contributed by atoms with van der Waals surface area (Å²) in [6.45, 7) is 3.42. The van der Waals surface area contributed by atoms with Crippen LogP contribution in [0.5, 0.6) is 5.75 Å². The summed E-state index contributed by atoms with van der Waals surface area (Å²) in [6, 6.07) is 5.66. The van der Waals surface area contributed by atoms with E-state index in [0.29, 0.717) is 5.56 Å². The van der Waals surface area contributed by atoms with E-state index in [1.807, 2.05) is 0 Å². The number of alkyl halides is 3. The van der Waals surface area contributed by atoms with E-state index in [0.717, 1.165) is 0 Å². The van der Waals surface area contributed by atoms with Gasteiger partial charge in [-0.2, -0.15) is 0 Å². The zero-order chi connectivity index (χ0) is 11.7. The Balaban J connectivity index is 2.94. The minimum absolute atomic E-state index is 0.251. The molecule has 15 heavy (non-hydrogen) atoms. The molecule has 0 unspecified atom stereocenters. The average Bonchev–Trinajstić information content (AvgIpc) is 1.99. The Morgan fingerprint density at radius 3 is 2.27 bits per heavy atom. The van der Waals surface area contributed by atoms with Crippen molar-refractivity contribution in [3.8, 4) is 5.75 Å². The van der Waals surface area contributed by atoms with Gasteiger partial charge in [-0.15, -0.1) is 13.2 Å². The van der Waals surface area contributed by atoms with Gasteiger partial charge in [0.1, 0.15) is 5.75 Å². The highest BCUT2D eigenvalue weighted by Gasteiger charge is 2.31. The summed E-state index contributed by atoms with van der Waals surface area (Å²) in [7, 11) is 0. The van der Waals surface area contributed by atoms with Crippen LogP contribution in [0.1, 0.15) is 19.4 Å². The molecule has 0 atom stereocenters. The van der Waals surface area contributed by atoms with Crippen molar-refractivity contribution in [3.63, 3.8) is 0 Å². The highest BCUT2D eigenvalue weighted by molar-refractivity contribution is 5.32. The summed E-state index contributed by atoms with van der Waals surface area (Å²) in [5.41, 5.74) is 5.65. The Morgan fingerprint density at radius 2 is 1.80 bits per heavy atom. The van der Waals surface area contributed by atoms with Crippen molar-refractivity contribution in [2.24, 2.45) is 5.73 Å². The van der Waals surface area contributed by atoms with Crippen LogP contribution >= 0.6 is 0 Å². The molecule has 5 heteroatoms. The molecule has 0 bridgehead atoms. The van der Waals surface area contributed by atoms with Gasteiger partial charge in [-0.25, -0.2) is 0 Å². The van der Waals surface area contributed by atoms with Gasteiger partial charge >= 0.3 is 6.36 Å². The molecule has 0 saturated heterocycles. The van der Waals surface area contributed by atoms with Gasteiger partial charge in [-0.1, -0.05) is 12.1 Å². The molecule has 0 aliphatic carbocycles. The summed E-state index contributed by atoms with van der Waals surface area (Å²) < 4.78 is 39.5. The number of halogens is 3. The first-order chi connectivity index (χ1) is 6.68. The molecular formula is C10H12F3NO. The number of benzene rings is 1. The fourth-order valence-corrected chi connectivity index (χ4v) is 1.09. The normalized spacial score (nSPS) is 12.7. The smallest absolute Gasteiger partial charge is 0.406 e. The van der Waals surface area contributed by atoms with Crippen LogP contribution in [0, 0.1) is 0 Å². The van der Waals surface area contributed by atoms with Gasteiger partial charge in [-0.05, 0) is 31.5 Å². The number of hydrogen-bond donors (Lipinski definition) is 1. The van der Waals surface area contributed by atoms with E-state index in [-0.39, 0.29) is 5.75 Å². The predicted octanol–water partition coefficient (Wildman–Crippen LogP) is 2.78. The first-order valence-electron chi connectivity index (χ1n) is 4.34. The van der Waals surface area contributed by atoms with Crippen LogP contribution in [-0.4, -0.2) is 6.36 Å². The Labute approximate surface area is 85.8 Å². The third-order valence-corrected chi connectivity index (χ3v) is 1.81. The zero-order valence-electron chi connectivity index (χ0n) is 8.43. The molecule has 2 nitrogen and oxygen atoms in total. The molecule has 0 aliphatic heterocycles. The maximum absolute atomic E-state index is 11.9. The molecule has 2 N–H and O–H groups in total. The molecule has 1 rings (SSSR count). The van der Waals surface area contributed by atoms with Crippen LogP contribution in [0.25, 0.3) is 0 Å². The topological polar surface area (TPSA) is 35.2 Å². The van der Waals surface area contributed by atoms with E-state index >= 15 is 0 Å². The molecule has 84 valence electrons. The largest absolute Gasteiger partial charge is 0.573 e. The second-order valence-electron chi connectivity index (χ2n) is 3.80. The van der Waals surface area contributed by atoms with Crippen molar-refractivity contribution in [1.29, 1.82) is 0 Å². The SMILES string of the molecule is CC(C)(N)c1cccc(OC(F)(F)F)c1. The molecule has 0 saturated carbocycles. The summed E-state index contributed by atoms with van der Waals surface area (Å²) in [6.07, 6.45) is -4.67. The summed E-state index contributed by atoms with van der Waals surface area (Å²) in [4.78, 5) is 0. The number of hydrogen-bond acceptors (Lipinski definition) is 2. The third kappa shape index (κ3) is 3.79. The summed E-state index contributed by atoms with van der Waals surface area (Å²) in [5.74, 6) is -0.251. The van der Waals surface area contributed by atoms with Gasteiger partial charge in [0, 0.05) is 5.54 Å². The zero-order valence-corrected chi connectivity index (χ0v) is 8.43. The summed E-state index contributed by atoms with van der Waals surface area (Å²) >= 11 is 0. The lowest BCUT2D eigenvalue weighted by Crippen LogP contribution is -2.28. The van der Waals surface area contributed by atoms with Crippen LogP contribution in [0.3, 0.4) is 0 Å². The third-order valence-electron chi connectivity index (χ3n) is 1.81. The second kappa shape index (κ2) is 3.73. The van der Waals surface area contributed by atoms with Crippen molar-refractivity contribution in [2.75, 3.05) is 0 Å². The molecule has 0 aliphatic rings. The van der Waals surface area contributed by atoms with Crippen molar-refractivity contribution < 1.29 is 17.9 Å². The van der Waals surface area contributed by atoms with Gasteiger partial charge in [-0.3, -0.25) is 0 Å². The van der Waals surface area contributed by atoms with Crippen LogP contribution in [-0.2, 0) is 5.54 Å². The van der Waals surface area contributed by atoms with E-state index in [1.165, 1.54) is 18.2 Å². The molecule has 0 aromatic heterocycles. The molecule has 1 aromatic carbocycles. The Kier molecular flexibility index (Phi) is 2.95. The second-order valence-corrected chi connectivity index (χ2v) is 3.80. The minimum Gasteiger partial charge on any atom is -0.406 e. The van der Waals surface area contributed by atoms with Crippen LogP contribution in [0.2, 0.25) is 0 Å². The quantitative estimate of drug-likeness (QED) is 0.830. The average molecular weight is 219 g/mol. The monoisotopic (exact) mass is 219 g/mol. The lowest BCUT2D eigenvalue weighted by molar-refractivity contribution is -0.274. The first-order valence-corrected chi connectivity index (χ1v) is 4.34. The number of rotatable bonds is 2. The molecular weight excluding hydrogens is 207 g/mol. The van der Waals surface area contributed by atoms with E-state index < -0.39 is 11.9 Å². The van der Waals surface area contributed by atoms with Gasteiger partial charge < -0.3 is 10.5 Å². The lowest BCUT2D eigenvalue weighted by atomic mass is 9.96. The first kappa shape index (κ1) is 11.8. The predicted molar refractivity (Wildman–Crippen MR) is 50.3 cm³/mol. The fourth-order valence-electron chi connectivity index (χ4n) is 1.09. The van der Waals surface area contributed by atoms with Gasteiger partial charge in [0.15, 0.2) is 0 Å². The van der Waals surface area contributed by atoms with Gasteiger partial charge in [0.2, 0.25) is 0 Å². The standard InChI is InChI=1S/C10H12F3NO/c1-9(2,14)7-4-3-5-8(6-7)15-10(11,12)13/h3-6H,14H2,1-2H3. The van der Waals surface area contributed by atoms with E-state index in [2.05, 4.69) is 4.74 Å². The van der Waals surface area contributed by atoms with E-state index in [4.69, 9.17) is 5.73 Å². The minimum atomic E-state index is -4.67. The molecule has 0 amide bonds. The summed E-state index contributed by atoms with van der Waals surface area (Å²) in [5, 5.41) is 0. The fraction of sp³-hybridized carbons (Fsp3) is 0.400. The van der Waals surface area contributed by atoms with Gasteiger partial charge in [0.05, 0.1) is 0 Å². The number of nitrogens with two attached hydrogens (primary N) is 1. The van der Waals surface area contributed by atoms with Crippen molar-refractivity contribution in [3.05, 3.63) is 29.8 Å².